The van der Waals surface area contributed by atoms with Crippen molar-refractivity contribution >= 4 is 10.9 Å². The van der Waals surface area contributed by atoms with Crippen molar-refractivity contribution in [1.82, 2.24) is 4.90 Å². The predicted octanol–water partition coefficient (Wildman–Crippen LogP) is 2.58. The number of aromatic nitrogens is 1. The number of benzene rings is 1. The molecule has 5 atom stereocenters. The van der Waals surface area contributed by atoms with Gasteiger partial charge in [-0.3, -0.25) is 4.90 Å². The average Bonchev–Trinajstić information content (AvgIpc) is 2.60. The van der Waals surface area contributed by atoms with Crippen molar-refractivity contribution in [1.29, 1.82) is 0 Å². The fourth-order valence-electron chi connectivity index (χ4n) is 4.34. The third-order valence-corrected chi connectivity index (χ3v) is 5.58. The first-order valence-electron chi connectivity index (χ1n) is 8.22. The van der Waals surface area contributed by atoms with E-state index in [9.17, 15) is 5.11 Å². The largest absolute Gasteiger partial charge is 0.387 e. The predicted molar refractivity (Wildman–Crippen MR) is 87.2 cm³/mol. The van der Waals surface area contributed by atoms with Gasteiger partial charge in [0.1, 0.15) is 0 Å². The standard InChI is InChI=1S/C19H22N2O/c1-2-13-12-21-10-8-14(13)11-18(21)19(22)16-7-9-20-17-6-4-3-5-15(16)17/h2-7,9,13-14,18-19,22H,1,8,10-12H2/p+1/t13?,14?,18?,19-/m1/s1. The molecule has 22 heavy (non-hydrogen) atoms. The van der Waals surface area contributed by atoms with Gasteiger partial charge in [0.2, 0.25) is 5.52 Å². The molecule has 3 aliphatic heterocycles. The second kappa shape index (κ2) is 5.49. The zero-order valence-electron chi connectivity index (χ0n) is 12.8. The Labute approximate surface area is 131 Å². The minimum absolute atomic E-state index is 0.237. The van der Waals surface area contributed by atoms with E-state index in [4.69, 9.17) is 0 Å². The molecule has 5 rings (SSSR count). The smallest absolute Gasteiger partial charge is 0.211 e. The molecular formula is C19H23N2O+. The molecule has 3 saturated heterocycles. The summed E-state index contributed by atoms with van der Waals surface area (Å²) in [4.78, 5) is 5.72. The quantitative estimate of drug-likeness (QED) is 0.884. The highest BCUT2D eigenvalue weighted by molar-refractivity contribution is 5.79. The van der Waals surface area contributed by atoms with Crippen LogP contribution < -0.4 is 4.98 Å². The molecule has 3 fully saturated rings. The van der Waals surface area contributed by atoms with Gasteiger partial charge in [-0.1, -0.05) is 18.2 Å². The lowest BCUT2D eigenvalue weighted by Crippen LogP contribution is -2.54. The number of aliphatic hydroxyl groups excluding tert-OH is 1. The van der Waals surface area contributed by atoms with Gasteiger partial charge in [-0.15, -0.1) is 6.58 Å². The van der Waals surface area contributed by atoms with E-state index in [-0.39, 0.29) is 6.04 Å². The summed E-state index contributed by atoms with van der Waals surface area (Å²) in [6, 6.07) is 10.5. The third-order valence-electron chi connectivity index (χ3n) is 5.58. The molecule has 4 unspecified atom stereocenters. The number of aromatic amines is 1. The summed E-state index contributed by atoms with van der Waals surface area (Å²) in [5.74, 6) is 1.28. The monoisotopic (exact) mass is 295 g/mol. The van der Waals surface area contributed by atoms with Crippen LogP contribution in [-0.2, 0) is 0 Å². The van der Waals surface area contributed by atoms with E-state index in [1.165, 1.54) is 6.42 Å². The number of hydrogen-bond donors (Lipinski definition) is 1. The van der Waals surface area contributed by atoms with Gasteiger partial charge in [-0.25, -0.2) is 4.98 Å². The summed E-state index contributed by atoms with van der Waals surface area (Å²) in [6.45, 7) is 6.13. The molecule has 1 aromatic heterocycles. The number of rotatable bonds is 3. The lowest BCUT2D eigenvalue weighted by Gasteiger charge is -2.50. The van der Waals surface area contributed by atoms with Gasteiger partial charge >= 0.3 is 0 Å². The second-order valence-corrected chi connectivity index (χ2v) is 6.67. The minimum Gasteiger partial charge on any atom is -0.387 e. The molecule has 0 aliphatic carbocycles. The zero-order valence-corrected chi connectivity index (χ0v) is 12.8. The normalized spacial score (nSPS) is 32.0. The van der Waals surface area contributed by atoms with Crippen molar-refractivity contribution in [2.45, 2.75) is 25.0 Å². The maximum Gasteiger partial charge on any atom is 0.211 e. The summed E-state index contributed by atoms with van der Waals surface area (Å²) in [5.41, 5.74) is 2.13. The molecular weight excluding hydrogens is 272 g/mol. The van der Waals surface area contributed by atoms with E-state index < -0.39 is 6.10 Å². The van der Waals surface area contributed by atoms with Crippen LogP contribution in [0.2, 0.25) is 0 Å². The Morgan fingerprint density at radius 3 is 2.95 bits per heavy atom. The van der Waals surface area contributed by atoms with Gasteiger partial charge in [-0.05, 0) is 37.3 Å². The highest BCUT2D eigenvalue weighted by atomic mass is 16.3. The Balaban J connectivity index is 1.67. The third kappa shape index (κ3) is 2.16. The molecule has 2 N–H and O–H groups in total. The number of pyridine rings is 1. The molecule has 0 radical (unpaired) electrons. The molecule has 2 bridgehead atoms. The van der Waals surface area contributed by atoms with E-state index >= 15 is 0 Å². The Morgan fingerprint density at radius 2 is 2.18 bits per heavy atom. The molecule has 4 heterocycles. The summed E-state index contributed by atoms with van der Waals surface area (Å²) < 4.78 is 0. The topological polar surface area (TPSA) is 37.6 Å². The van der Waals surface area contributed by atoms with Crippen molar-refractivity contribution in [2.24, 2.45) is 11.8 Å². The molecule has 2 aromatic rings. The Morgan fingerprint density at radius 1 is 1.32 bits per heavy atom. The van der Waals surface area contributed by atoms with Crippen LogP contribution in [0.1, 0.15) is 24.5 Å². The van der Waals surface area contributed by atoms with Crippen molar-refractivity contribution in [3.05, 3.63) is 54.7 Å². The van der Waals surface area contributed by atoms with Crippen molar-refractivity contribution < 1.29 is 10.1 Å². The van der Waals surface area contributed by atoms with Crippen molar-refractivity contribution in [3.8, 4) is 0 Å². The van der Waals surface area contributed by atoms with Crippen LogP contribution in [0.4, 0.5) is 0 Å². The Hall–Kier alpha value is -1.71. The first kappa shape index (κ1) is 13.9. The molecule has 1 aromatic carbocycles. The Bertz CT molecular complexity index is 693. The van der Waals surface area contributed by atoms with Crippen LogP contribution >= 0.6 is 0 Å². The summed E-state index contributed by atoms with van der Waals surface area (Å²) in [7, 11) is 0. The molecule has 3 nitrogen and oxygen atoms in total. The van der Waals surface area contributed by atoms with Gasteiger partial charge < -0.3 is 5.11 Å². The lowest BCUT2D eigenvalue weighted by atomic mass is 9.73. The number of nitrogens with one attached hydrogen (secondary N) is 1. The van der Waals surface area contributed by atoms with Gasteiger partial charge in [0.15, 0.2) is 6.20 Å². The van der Waals surface area contributed by atoms with Gasteiger partial charge in [-0.2, -0.15) is 0 Å². The maximum atomic E-state index is 11.0. The number of nitrogens with zero attached hydrogens (tertiary/aromatic N) is 1. The van der Waals surface area contributed by atoms with Crippen LogP contribution in [0, 0.1) is 11.8 Å². The van der Waals surface area contributed by atoms with Gasteiger partial charge in [0.05, 0.1) is 11.5 Å². The number of fused-ring (bicyclic) bond motifs is 4. The molecule has 0 spiro atoms. The minimum atomic E-state index is -0.423. The molecule has 0 amide bonds. The van der Waals surface area contributed by atoms with Gasteiger partial charge in [0.25, 0.3) is 0 Å². The SMILES string of the molecule is C=CC1CN2CCC1CC2[C@H](O)c1cc[nH+]c2ccccc12. The van der Waals surface area contributed by atoms with E-state index in [2.05, 4.69) is 34.7 Å². The summed E-state index contributed by atoms with van der Waals surface area (Å²) in [6.07, 6.45) is 5.93. The number of hydrogen-bond acceptors (Lipinski definition) is 2. The van der Waals surface area contributed by atoms with Crippen LogP contribution in [0.5, 0.6) is 0 Å². The highest BCUT2D eigenvalue weighted by Crippen LogP contribution is 2.41. The first-order valence-corrected chi connectivity index (χ1v) is 8.22. The maximum absolute atomic E-state index is 11.0. The fourth-order valence-corrected chi connectivity index (χ4v) is 4.34. The molecule has 114 valence electrons. The van der Waals surface area contributed by atoms with E-state index in [1.54, 1.807) is 0 Å². The fraction of sp³-hybridized carbons (Fsp3) is 0.421. The second-order valence-electron chi connectivity index (χ2n) is 6.67. The summed E-state index contributed by atoms with van der Waals surface area (Å²) in [5, 5.41) is 12.2. The van der Waals surface area contributed by atoms with Crippen LogP contribution in [0.3, 0.4) is 0 Å². The van der Waals surface area contributed by atoms with Crippen LogP contribution in [0.15, 0.2) is 49.2 Å². The molecule has 3 aliphatic rings. The molecule has 0 saturated carbocycles. The number of H-pyrrole nitrogens is 1. The Kier molecular flexibility index (Phi) is 3.47. The number of piperidine rings is 3. The summed E-state index contributed by atoms with van der Waals surface area (Å²) >= 11 is 0. The van der Waals surface area contributed by atoms with Crippen molar-refractivity contribution in [2.75, 3.05) is 13.1 Å². The van der Waals surface area contributed by atoms with Crippen LogP contribution in [0.25, 0.3) is 10.9 Å². The zero-order chi connectivity index (χ0) is 15.1. The van der Waals surface area contributed by atoms with E-state index in [1.807, 2.05) is 24.4 Å². The van der Waals surface area contributed by atoms with Crippen LogP contribution in [-0.4, -0.2) is 29.1 Å². The van der Waals surface area contributed by atoms with E-state index in [0.717, 1.165) is 36.0 Å². The van der Waals surface area contributed by atoms with Crippen molar-refractivity contribution in [3.63, 3.8) is 0 Å². The highest BCUT2D eigenvalue weighted by Gasteiger charge is 2.42. The number of aliphatic hydroxyl groups is 1. The van der Waals surface area contributed by atoms with Gasteiger partial charge in [0, 0.05) is 30.3 Å². The number of para-hydroxylation sites is 1. The van der Waals surface area contributed by atoms with E-state index in [0.29, 0.717) is 11.8 Å². The average molecular weight is 295 g/mol. The lowest BCUT2D eigenvalue weighted by molar-refractivity contribution is -0.344. The molecule has 3 heteroatoms. The first-order chi connectivity index (χ1) is 10.8.